The van der Waals surface area contributed by atoms with E-state index in [4.69, 9.17) is 4.74 Å². The summed E-state index contributed by atoms with van der Waals surface area (Å²) in [6.07, 6.45) is 2.01. The zero-order valence-corrected chi connectivity index (χ0v) is 16.2. The molecule has 0 spiro atoms. The van der Waals surface area contributed by atoms with Gasteiger partial charge in [0.05, 0.1) is 31.2 Å². The fourth-order valence-corrected chi connectivity index (χ4v) is 3.79. The number of rotatable bonds is 6. The van der Waals surface area contributed by atoms with Gasteiger partial charge in [-0.1, -0.05) is 36.4 Å². The lowest BCUT2D eigenvalue weighted by molar-refractivity contribution is -0.120. The summed E-state index contributed by atoms with van der Waals surface area (Å²) < 4.78 is 18.8. The lowest BCUT2D eigenvalue weighted by Gasteiger charge is -2.35. The molecule has 1 saturated heterocycles. The van der Waals surface area contributed by atoms with Crippen molar-refractivity contribution in [2.75, 3.05) is 32.8 Å². The van der Waals surface area contributed by atoms with Crippen LogP contribution >= 0.6 is 0 Å². The Labute approximate surface area is 169 Å². The third kappa shape index (κ3) is 4.78. The molecule has 0 bridgehead atoms. The van der Waals surface area contributed by atoms with E-state index >= 15 is 0 Å². The molecule has 2 heterocycles. The van der Waals surface area contributed by atoms with Crippen molar-refractivity contribution in [2.45, 2.75) is 12.5 Å². The zero-order valence-electron chi connectivity index (χ0n) is 16.2. The fraction of sp³-hybridized carbons (Fsp3) is 0.304. The van der Waals surface area contributed by atoms with E-state index in [2.05, 4.69) is 15.2 Å². The molecule has 1 aliphatic heterocycles. The van der Waals surface area contributed by atoms with Crippen LogP contribution in [0.4, 0.5) is 4.39 Å². The number of amides is 1. The topological polar surface area (TPSA) is 54.5 Å². The Balaban J connectivity index is 1.46. The molecule has 1 unspecified atom stereocenters. The van der Waals surface area contributed by atoms with Gasteiger partial charge in [0.1, 0.15) is 5.82 Å². The van der Waals surface area contributed by atoms with E-state index in [1.807, 2.05) is 30.3 Å². The van der Waals surface area contributed by atoms with Crippen LogP contribution in [0.15, 0.2) is 60.8 Å². The van der Waals surface area contributed by atoms with Crippen LogP contribution in [0.1, 0.15) is 17.2 Å². The number of pyridine rings is 1. The molecule has 6 heteroatoms. The quantitative estimate of drug-likeness (QED) is 0.699. The molecular weight excluding hydrogens is 369 g/mol. The minimum absolute atomic E-state index is 0.0194. The normalized spacial score (nSPS) is 15.9. The van der Waals surface area contributed by atoms with Crippen LogP contribution in [0.5, 0.6) is 0 Å². The number of morpholine rings is 1. The Morgan fingerprint density at radius 2 is 1.86 bits per heavy atom. The molecule has 4 rings (SSSR count). The van der Waals surface area contributed by atoms with Crippen molar-refractivity contribution in [1.82, 2.24) is 15.2 Å². The SMILES string of the molecule is O=C(Cc1cccc2cccnc12)NCC(c1ccc(F)cc1)N1CCOCC1. The molecule has 1 aliphatic rings. The number of carbonyl (C=O) groups is 1. The minimum atomic E-state index is -0.262. The molecule has 1 aromatic heterocycles. The molecule has 150 valence electrons. The van der Waals surface area contributed by atoms with Crippen LogP contribution in [-0.4, -0.2) is 48.6 Å². The number of benzene rings is 2. The monoisotopic (exact) mass is 393 g/mol. The van der Waals surface area contributed by atoms with Crippen molar-refractivity contribution < 1.29 is 13.9 Å². The van der Waals surface area contributed by atoms with Crippen molar-refractivity contribution in [1.29, 1.82) is 0 Å². The first-order valence-electron chi connectivity index (χ1n) is 9.87. The molecule has 3 aromatic rings. The molecular formula is C23H24FN3O2. The lowest BCUT2D eigenvalue weighted by atomic mass is 10.0. The van der Waals surface area contributed by atoms with Gasteiger partial charge < -0.3 is 10.1 Å². The highest BCUT2D eigenvalue weighted by atomic mass is 19.1. The van der Waals surface area contributed by atoms with Crippen molar-refractivity contribution in [3.63, 3.8) is 0 Å². The summed E-state index contributed by atoms with van der Waals surface area (Å²) in [5.41, 5.74) is 2.75. The van der Waals surface area contributed by atoms with Gasteiger partial charge in [-0.3, -0.25) is 14.7 Å². The van der Waals surface area contributed by atoms with Gasteiger partial charge in [-0.25, -0.2) is 4.39 Å². The molecule has 0 saturated carbocycles. The van der Waals surface area contributed by atoms with Crippen LogP contribution < -0.4 is 5.32 Å². The first-order valence-corrected chi connectivity index (χ1v) is 9.87. The standard InChI is InChI=1S/C23H24FN3O2/c24-20-8-6-17(7-9-20)21(27-11-13-29-14-12-27)16-26-22(28)15-19-4-1-3-18-5-2-10-25-23(18)19/h1-10,21H,11-16H2,(H,26,28). The second-order valence-corrected chi connectivity index (χ2v) is 7.19. The van der Waals surface area contributed by atoms with Gasteiger partial charge in [0.15, 0.2) is 0 Å². The first-order chi connectivity index (χ1) is 14.2. The number of aromatic nitrogens is 1. The van der Waals surface area contributed by atoms with E-state index in [1.165, 1.54) is 12.1 Å². The average molecular weight is 393 g/mol. The summed E-state index contributed by atoms with van der Waals surface area (Å²) >= 11 is 0. The predicted molar refractivity (Wildman–Crippen MR) is 110 cm³/mol. The van der Waals surface area contributed by atoms with E-state index in [0.717, 1.165) is 35.1 Å². The Morgan fingerprint density at radius 1 is 1.10 bits per heavy atom. The maximum Gasteiger partial charge on any atom is 0.224 e. The summed E-state index contributed by atoms with van der Waals surface area (Å²) in [6, 6.07) is 16.2. The van der Waals surface area contributed by atoms with Crippen molar-refractivity contribution >= 4 is 16.8 Å². The van der Waals surface area contributed by atoms with Gasteiger partial charge in [0.25, 0.3) is 0 Å². The molecule has 1 atom stereocenters. The fourth-order valence-electron chi connectivity index (χ4n) is 3.79. The summed E-state index contributed by atoms with van der Waals surface area (Å²) in [5.74, 6) is -0.314. The maximum absolute atomic E-state index is 13.4. The van der Waals surface area contributed by atoms with Crippen LogP contribution in [-0.2, 0) is 16.0 Å². The van der Waals surface area contributed by atoms with Crippen LogP contribution in [0.25, 0.3) is 10.9 Å². The van der Waals surface area contributed by atoms with Gasteiger partial charge in [-0.15, -0.1) is 0 Å². The van der Waals surface area contributed by atoms with E-state index in [-0.39, 0.29) is 24.2 Å². The van der Waals surface area contributed by atoms with E-state index in [9.17, 15) is 9.18 Å². The molecule has 0 aliphatic carbocycles. The predicted octanol–water partition coefficient (Wildman–Crippen LogP) is 3.11. The number of hydrogen-bond acceptors (Lipinski definition) is 4. The molecule has 1 amide bonds. The van der Waals surface area contributed by atoms with Crippen LogP contribution in [0.2, 0.25) is 0 Å². The number of halogens is 1. The third-order valence-corrected chi connectivity index (χ3v) is 5.30. The maximum atomic E-state index is 13.4. The van der Waals surface area contributed by atoms with Crippen LogP contribution in [0, 0.1) is 5.82 Å². The second-order valence-electron chi connectivity index (χ2n) is 7.19. The van der Waals surface area contributed by atoms with Gasteiger partial charge in [-0.2, -0.15) is 0 Å². The Morgan fingerprint density at radius 3 is 2.66 bits per heavy atom. The summed E-state index contributed by atoms with van der Waals surface area (Å²) in [5, 5.41) is 4.09. The smallest absolute Gasteiger partial charge is 0.224 e. The lowest BCUT2D eigenvalue weighted by Crippen LogP contribution is -2.44. The van der Waals surface area contributed by atoms with Crippen LogP contribution in [0.3, 0.4) is 0 Å². The highest BCUT2D eigenvalue weighted by Crippen LogP contribution is 2.22. The van der Waals surface area contributed by atoms with E-state index in [0.29, 0.717) is 19.8 Å². The Bertz CT molecular complexity index is 966. The van der Waals surface area contributed by atoms with Crippen molar-refractivity contribution in [3.8, 4) is 0 Å². The van der Waals surface area contributed by atoms with Gasteiger partial charge in [0, 0.05) is 31.2 Å². The molecule has 1 N–H and O–H groups in total. The summed E-state index contributed by atoms with van der Waals surface area (Å²) in [7, 11) is 0. The highest BCUT2D eigenvalue weighted by Gasteiger charge is 2.23. The largest absolute Gasteiger partial charge is 0.379 e. The molecule has 2 aromatic carbocycles. The van der Waals surface area contributed by atoms with E-state index < -0.39 is 0 Å². The number of nitrogens with one attached hydrogen (secondary N) is 1. The number of nitrogens with zero attached hydrogens (tertiary/aromatic N) is 2. The molecule has 5 nitrogen and oxygen atoms in total. The highest BCUT2D eigenvalue weighted by molar-refractivity contribution is 5.87. The van der Waals surface area contributed by atoms with Crippen molar-refractivity contribution in [3.05, 3.63) is 77.7 Å². The second kappa shape index (κ2) is 9.11. The molecule has 29 heavy (non-hydrogen) atoms. The minimum Gasteiger partial charge on any atom is -0.379 e. The van der Waals surface area contributed by atoms with Gasteiger partial charge >= 0.3 is 0 Å². The Hall–Kier alpha value is -2.83. The van der Waals surface area contributed by atoms with Crippen molar-refractivity contribution in [2.24, 2.45) is 0 Å². The van der Waals surface area contributed by atoms with E-state index in [1.54, 1.807) is 18.3 Å². The number of carbonyl (C=O) groups excluding carboxylic acids is 1. The number of para-hydroxylation sites is 1. The molecule has 0 radical (unpaired) electrons. The molecule has 1 fully saturated rings. The number of fused-ring (bicyclic) bond motifs is 1. The summed E-state index contributed by atoms with van der Waals surface area (Å²) in [4.78, 5) is 19.4. The van der Waals surface area contributed by atoms with Gasteiger partial charge in [-0.05, 0) is 29.3 Å². The number of ether oxygens (including phenoxy) is 1. The van der Waals surface area contributed by atoms with Gasteiger partial charge in [0.2, 0.25) is 5.91 Å². The number of hydrogen-bond donors (Lipinski definition) is 1. The first kappa shape index (κ1) is 19.5. The third-order valence-electron chi connectivity index (χ3n) is 5.30. The zero-order chi connectivity index (χ0) is 20.1. The summed E-state index contributed by atoms with van der Waals surface area (Å²) in [6.45, 7) is 3.35. The average Bonchev–Trinajstić information content (AvgIpc) is 2.76. The Kier molecular flexibility index (Phi) is 6.12.